The number of aromatic carboxylic acids is 1. The van der Waals surface area contributed by atoms with Gasteiger partial charge in [0.2, 0.25) is 0 Å². The number of hydrogen-bond donors (Lipinski definition) is 1. The molecule has 0 aliphatic carbocycles. The number of halogens is 2. The van der Waals surface area contributed by atoms with Gasteiger partial charge in [-0.15, -0.1) is 0 Å². The van der Waals surface area contributed by atoms with Gasteiger partial charge in [-0.2, -0.15) is 0 Å². The SMILES string of the molecule is O=C(O)c1cc(OCc2ccc(Cl)cc2)ccc1Br. The number of benzene rings is 2. The van der Waals surface area contributed by atoms with Gasteiger partial charge in [-0.25, -0.2) is 4.79 Å². The van der Waals surface area contributed by atoms with E-state index in [1.165, 1.54) is 6.07 Å². The predicted molar refractivity (Wildman–Crippen MR) is 76.9 cm³/mol. The molecule has 0 radical (unpaired) electrons. The van der Waals surface area contributed by atoms with Crippen LogP contribution in [0.1, 0.15) is 15.9 Å². The van der Waals surface area contributed by atoms with Crippen molar-refractivity contribution in [3.63, 3.8) is 0 Å². The number of carboxylic acids is 1. The van der Waals surface area contributed by atoms with E-state index >= 15 is 0 Å². The van der Waals surface area contributed by atoms with E-state index in [1.54, 1.807) is 24.3 Å². The third-order valence-corrected chi connectivity index (χ3v) is 3.43. The molecular weight excluding hydrogens is 332 g/mol. The van der Waals surface area contributed by atoms with E-state index in [0.717, 1.165) is 5.56 Å². The molecule has 0 spiro atoms. The van der Waals surface area contributed by atoms with Crippen LogP contribution in [0.4, 0.5) is 0 Å². The summed E-state index contributed by atoms with van der Waals surface area (Å²) in [5.74, 6) is -0.487. The highest BCUT2D eigenvalue weighted by Crippen LogP contribution is 2.23. The second-order valence-electron chi connectivity index (χ2n) is 3.86. The Morgan fingerprint density at radius 3 is 2.53 bits per heavy atom. The molecule has 3 nitrogen and oxygen atoms in total. The largest absolute Gasteiger partial charge is 0.489 e. The van der Waals surface area contributed by atoms with Crippen LogP contribution in [0.25, 0.3) is 0 Å². The average molecular weight is 342 g/mol. The van der Waals surface area contributed by atoms with Gasteiger partial charge in [0, 0.05) is 9.50 Å². The van der Waals surface area contributed by atoms with Crippen LogP contribution in [-0.2, 0) is 6.61 Å². The van der Waals surface area contributed by atoms with Crippen molar-refractivity contribution in [3.8, 4) is 5.75 Å². The van der Waals surface area contributed by atoms with Crippen molar-refractivity contribution in [3.05, 3.63) is 63.1 Å². The Bertz CT molecular complexity index is 596. The minimum absolute atomic E-state index is 0.175. The molecule has 0 saturated carbocycles. The van der Waals surface area contributed by atoms with Gasteiger partial charge >= 0.3 is 5.97 Å². The monoisotopic (exact) mass is 340 g/mol. The molecule has 2 aromatic rings. The second-order valence-corrected chi connectivity index (χ2v) is 5.15. The molecule has 0 aliphatic heterocycles. The lowest BCUT2D eigenvalue weighted by Gasteiger charge is -2.08. The first-order valence-electron chi connectivity index (χ1n) is 5.46. The molecule has 0 heterocycles. The summed E-state index contributed by atoms with van der Waals surface area (Å²) in [5, 5.41) is 9.67. The van der Waals surface area contributed by atoms with Gasteiger partial charge in [0.1, 0.15) is 12.4 Å². The van der Waals surface area contributed by atoms with E-state index in [4.69, 9.17) is 21.4 Å². The molecule has 0 saturated heterocycles. The molecular formula is C14H10BrClO3. The van der Waals surface area contributed by atoms with Crippen molar-refractivity contribution < 1.29 is 14.6 Å². The average Bonchev–Trinajstić information content (AvgIpc) is 2.39. The molecule has 1 N–H and O–H groups in total. The van der Waals surface area contributed by atoms with Crippen LogP contribution >= 0.6 is 27.5 Å². The highest BCUT2D eigenvalue weighted by atomic mass is 79.9. The molecule has 2 aromatic carbocycles. The van der Waals surface area contributed by atoms with Crippen LogP contribution in [0.5, 0.6) is 5.75 Å². The third kappa shape index (κ3) is 3.72. The van der Waals surface area contributed by atoms with Crippen molar-refractivity contribution >= 4 is 33.5 Å². The fourth-order valence-electron chi connectivity index (χ4n) is 1.51. The summed E-state index contributed by atoms with van der Waals surface area (Å²) in [4.78, 5) is 11.0. The van der Waals surface area contributed by atoms with Crippen LogP contribution in [0.3, 0.4) is 0 Å². The molecule has 0 aromatic heterocycles. The Balaban J connectivity index is 2.09. The zero-order chi connectivity index (χ0) is 13.8. The van der Waals surface area contributed by atoms with Gasteiger partial charge in [-0.1, -0.05) is 23.7 Å². The number of carbonyl (C=O) groups is 1. The summed E-state index contributed by atoms with van der Waals surface area (Å²) >= 11 is 8.97. The van der Waals surface area contributed by atoms with Crippen LogP contribution in [-0.4, -0.2) is 11.1 Å². The van der Waals surface area contributed by atoms with Gasteiger partial charge in [-0.3, -0.25) is 0 Å². The molecule has 0 unspecified atom stereocenters. The minimum Gasteiger partial charge on any atom is -0.489 e. The number of carboxylic acid groups (broad SMARTS) is 1. The zero-order valence-corrected chi connectivity index (χ0v) is 12.1. The lowest BCUT2D eigenvalue weighted by molar-refractivity contribution is 0.0695. The first-order valence-corrected chi connectivity index (χ1v) is 6.63. The molecule has 0 aliphatic rings. The smallest absolute Gasteiger partial charge is 0.336 e. The Kier molecular flexibility index (Phi) is 4.45. The Hall–Kier alpha value is -1.52. The van der Waals surface area contributed by atoms with Crippen molar-refractivity contribution in [2.45, 2.75) is 6.61 Å². The molecule has 5 heteroatoms. The fourth-order valence-corrected chi connectivity index (χ4v) is 2.05. The summed E-state index contributed by atoms with van der Waals surface area (Å²) < 4.78 is 6.08. The van der Waals surface area contributed by atoms with Crippen molar-refractivity contribution in [2.75, 3.05) is 0 Å². The van der Waals surface area contributed by atoms with Crippen molar-refractivity contribution in [1.29, 1.82) is 0 Å². The Morgan fingerprint density at radius 1 is 1.21 bits per heavy atom. The molecule has 19 heavy (non-hydrogen) atoms. The number of ether oxygens (including phenoxy) is 1. The van der Waals surface area contributed by atoms with Gasteiger partial charge in [0.15, 0.2) is 0 Å². The third-order valence-electron chi connectivity index (χ3n) is 2.49. The topological polar surface area (TPSA) is 46.5 Å². The first-order chi connectivity index (χ1) is 9.06. The van der Waals surface area contributed by atoms with Crippen LogP contribution in [0, 0.1) is 0 Å². The summed E-state index contributed by atoms with van der Waals surface area (Å²) in [6, 6.07) is 12.1. The Morgan fingerprint density at radius 2 is 1.89 bits per heavy atom. The lowest BCUT2D eigenvalue weighted by atomic mass is 10.2. The van der Waals surface area contributed by atoms with Crippen LogP contribution in [0.15, 0.2) is 46.9 Å². The lowest BCUT2D eigenvalue weighted by Crippen LogP contribution is -2.00. The minimum atomic E-state index is -0.996. The van der Waals surface area contributed by atoms with Crippen LogP contribution < -0.4 is 4.74 Å². The number of rotatable bonds is 4. The van der Waals surface area contributed by atoms with Crippen molar-refractivity contribution in [2.24, 2.45) is 0 Å². The second kappa shape index (κ2) is 6.08. The molecule has 98 valence electrons. The van der Waals surface area contributed by atoms with E-state index in [1.807, 2.05) is 12.1 Å². The van der Waals surface area contributed by atoms with Gasteiger partial charge in [-0.05, 0) is 51.8 Å². The summed E-state index contributed by atoms with van der Waals surface area (Å²) in [6.07, 6.45) is 0. The van der Waals surface area contributed by atoms with E-state index in [2.05, 4.69) is 15.9 Å². The molecule has 0 amide bonds. The summed E-state index contributed by atoms with van der Waals surface area (Å²) in [7, 11) is 0. The summed E-state index contributed by atoms with van der Waals surface area (Å²) in [6.45, 7) is 0.359. The molecule has 0 atom stereocenters. The molecule has 0 fully saturated rings. The first kappa shape index (κ1) is 13.9. The maximum atomic E-state index is 11.0. The Labute approximate surface area is 123 Å². The number of hydrogen-bond acceptors (Lipinski definition) is 2. The van der Waals surface area contributed by atoms with E-state index in [0.29, 0.717) is 21.9 Å². The van der Waals surface area contributed by atoms with Gasteiger partial charge in [0.25, 0.3) is 0 Å². The van der Waals surface area contributed by atoms with E-state index in [9.17, 15) is 4.79 Å². The highest BCUT2D eigenvalue weighted by molar-refractivity contribution is 9.10. The van der Waals surface area contributed by atoms with Crippen molar-refractivity contribution in [1.82, 2.24) is 0 Å². The summed E-state index contributed by atoms with van der Waals surface area (Å²) in [5.41, 5.74) is 1.14. The van der Waals surface area contributed by atoms with Gasteiger partial charge < -0.3 is 9.84 Å². The predicted octanol–water partition coefficient (Wildman–Crippen LogP) is 4.38. The van der Waals surface area contributed by atoms with Gasteiger partial charge in [0.05, 0.1) is 5.56 Å². The normalized spacial score (nSPS) is 10.2. The quantitative estimate of drug-likeness (QED) is 0.897. The fraction of sp³-hybridized carbons (Fsp3) is 0.0714. The maximum absolute atomic E-state index is 11.0. The zero-order valence-electron chi connectivity index (χ0n) is 9.77. The molecule has 0 bridgehead atoms. The van der Waals surface area contributed by atoms with E-state index in [-0.39, 0.29) is 5.56 Å². The van der Waals surface area contributed by atoms with E-state index < -0.39 is 5.97 Å². The maximum Gasteiger partial charge on any atom is 0.336 e. The highest BCUT2D eigenvalue weighted by Gasteiger charge is 2.09. The van der Waals surface area contributed by atoms with Crippen LogP contribution in [0.2, 0.25) is 5.02 Å². The standard InChI is InChI=1S/C14H10BrClO3/c15-13-6-5-11(7-12(13)14(17)18)19-8-9-1-3-10(16)4-2-9/h1-7H,8H2,(H,17,18). The molecule has 2 rings (SSSR count).